The van der Waals surface area contributed by atoms with Crippen molar-refractivity contribution in [3.63, 3.8) is 0 Å². The van der Waals surface area contributed by atoms with Gasteiger partial charge in [0.1, 0.15) is 19.8 Å². The summed E-state index contributed by atoms with van der Waals surface area (Å²) in [7, 11) is 1.40. The van der Waals surface area contributed by atoms with Gasteiger partial charge in [0.2, 0.25) is 0 Å². The minimum absolute atomic E-state index is 0.00640. The third-order valence-electron chi connectivity index (χ3n) is 10.9. The predicted octanol–water partition coefficient (Wildman–Crippen LogP) is 18.0. The summed E-state index contributed by atoms with van der Waals surface area (Å²) in [5.74, 6) is -0.934. The highest BCUT2D eigenvalue weighted by atomic mass is 31.2. The summed E-state index contributed by atoms with van der Waals surface area (Å²) >= 11 is 0. The molecule has 0 amide bonds. The fourth-order valence-electron chi connectivity index (χ4n) is 6.62. The molecule has 424 valence electrons. The quantitative estimate of drug-likeness (QED) is 0.0211. The van der Waals surface area contributed by atoms with Gasteiger partial charge in [-0.3, -0.25) is 18.6 Å². The molecule has 0 saturated carbocycles. The zero-order valence-electron chi connectivity index (χ0n) is 47.9. The molecule has 0 fully saturated rings. The highest BCUT2D eigenvalue weighted by Crippen LogP contribution is 2.43. The van der Waals surface area contributed by atoms with Crippen LogP contribution < -0.4 is 0 Å². The number of hydrogen-bond donors (Lipinski definition) is 1. The number of phosphoric acid groups is 1. The Balaban J connectivity index is 4.24. The SMILES string of the molecule is CC/C=C\C/C=C\C/C=C\C/C=C\C/C=C\C/C=C\C/C=C\C/C=C\C/C=C\C/C=C\C/C=C\CCCCCCCC(=O)OC(COC(=O)CC/C=C\C/C=C\C/C=C\C/C=C\CC)COP(=O)(O)OCC[N+](C)(C)C. The largest absolute Gasteiger partial charge is 0.472 e. The molecule has 76 heavy (non-hydrogen) atoms. The van der Waals surface area contributed by atoms with Crippen LogP contribution in [0, 0.1) is 0 Å². The van der Waals surface area contributed by atoms with E-state index < -0.39 is 32.5 Å². The predicted molar refractivity (Wildman–Crippen MR) is 325 cm³/mol. The Hall–Kier alpha value is -4.89. The lowest BCUT2D eigenvalue weighted by Gasteiger charge is -2.24. The molecule has 1 N–H and O–H groups in total. The molecule has 10 heteroatoms. The van der Waals surface area contributed by atoms with Crippen LogP contribution in [0.5, 0.6) is 0 Å². The molecule has 0 bridgehead atoms. The molecule has 2 atom stereocenters. The molecule has 0 aromatic heterocycles. The molecule has 0 aliphatic rings. The van der Waals surface area contributed by atoms with Crippen LogP contribution >= 0.6 is 7.82 Å². The van der Waals surface area contributed by atoms with Crippen LogP contribution in [0.3, 0.4) is 0 Å². The van der Waals surface area contributed by atoms with E-state index in [1.54, 1.807) is 0 Å². The maximum atomic E-state index is 12.8. The van der Waals surface area contributed by atoms with Crippen molar-refractivity contribution in [2.24, 2.45) is 0 Å². The Morgan fingerprint density at radius 2 is 0.737 bits per heavy atom. The highest BCUT2D eigenvalue weighted by Gasteiger charge is 2.27. The molecule has 0 rings (SSSR count). The van der Waals surface area contributed by atoms with E-state index in [-0.39, 0.29) is 26.1 Å². The Kier molecular flexibility index (Phi) is 51.4. The second-order valence-electron chi connectivity index (χ2n) is 19.2. The smallest absolute Gasteiger partial charge is 0.462 e. The number of likely N-dealkylation sites (N-methyl/N-ethyl adjacent to an activating group) is 1. The highest BCUT2D eigenvalue weighted by molar-refractivity contribution is 7.47. The maximum absolute atomic E-state index is 12.8. The van der Waals surface area contributed by atoms with Gasteiger partial charge in [-0.1, -0.05) is 215 Å². The Bertz CT molecular complexity index is 1930. The van der Waals surface area contributed by atoms with Crippen LogP contribution in [0.1, 0.15) is 168 Å². The van der Waals surface area contributed by atoms with Gasteiger partial charge in [-0.05, 0) is 122 Å². The molecule has 0 saturated heterocycles. The van der Waals surface area contributed by atoms with Crippen molar-refractivity contribution >= 4 is 19.8 Å². The summed E-state index contributed by atoms with van der Waals surface area (Å²) < 4.78 is 34.3. The van der Waals surface area contributed by atoms with Crippen molar-refractivity contribution in [3.05, 3.63) is 182 Å². The monoisotopic (exact) mass is 1070 g/mol. The molecule has 0 aliphatic heterocycles. The first-order valence-corrected chi connectivity index (χ1v) is 30.0. The third kappa shape index (κ3) is 58.4. The van der Waals surface area contributed by atoms with Crippen molar-refractivity contribution in [2.45, 2.75) is 174 Å². The lowest BCUT2D eigenvalue weighted by molar-refractivity contribution is -0.870. The zero-order valence-corrected chi connectivity index (χ0v) is 48.8. The summed E-state index contributed by atoms with van der Waals surface area (Å²) in [6.45, 7) is 4.04. The zero-order chi connectivity index (χ0) is 55.6. The number of ether oxygens (including phenoxy) is 2. The van der Waals surface area contributed by atoms with E-state index in [2.05, 4.69) is 184 Å². The van der Waals surface area contributed by atoms with Crippen molar-refractivity contribution < 1.29 is 42.1 Å². The van der Waals surface area contributed by atoms with Crippen molar-refractivity contribution in [2.75, 3.05) is 47.5 Å². The van der Waals surface area contributed by atoms with Crippen LogP contribution in [0.2, 0.25) is 0 Å². The van der Waals surface area contributed by atoms with Crippen LogP contribution in [0.4, 0.5) is 0 Å². The lowest BCUT2D eigenvalue weighted by Crippen LogP contribution is -2.37. The number of carbonyl (C=O) groups is 2. The molecule has 0 aliphatic carbocycles. The van der Waals surface area contributed by atoms with Gasteiger partial charge in [0, 0.05) is 12.8 Å². The molecular formula is C66H103NO8P+. The molecule has 2 unspecified atom stereocenters. The van der Waals surface area contributed by atoms with E-state index in [4.69, 9.17) is 18.5 Å². The number of unbranched alkanes of at least 4 members (excludes halogenated alkanes) is 5. The number of quaternary nitrogens is 1. The van der Waals surface area contributed by atoms with E-state index in [9.17, 15) is 19.0 Å². The minimum atomic E-state index is -4.42. The first kappa shape index (κ1) is 71.1. The number of allylic oxidation sites excluding steroid dienone is 30. The molecule has 0 spiro atoms. The van der Waals surface area contributed by atoms with Crippen molar-refractivity contribution in [1.29, 1.82) is 0 Å². The molecule has 0 aromatic rings. The molecule has 9 nitrogen and oxygen atoms in total. The first-order valence-electron chi connectivity index (χ1n) is 28.5. The van der Waals surface area contributed by atoms with Gasteiger partial charge >= 0.3 is 19.8 Å². The summed E-state index contributed by atoms with van der Waals surface area (Å²) in [5.41, 5.74) is 0. The average Bonchev–Trinajstić information content (AvgIpc) is 3.38. The number of hydrogen-bond acceptors (Lipinski definition) is 7. The summed E-state index contributed by atoms with van der Waals surface area (Å²) in [5, 5.41) is 0. The number of esters is 2. The summed E-state index contributed by atoms with van der Waals surface area (Å²) in [6, 6.07) is 0. The molecule has 0 aromatic carbocycles. The maximum Gasteiger partial charge on any atom is 0.472 e. The van der Waals surface area contributed by atoms with Gasteiger partial charge in [0.05, 0.1) is 27.7 Å². The first-order chi connectivity index (χ1) is 37.0. The average molecular weight is 1070 g/mol. The van der Waals surface area contributed by atoms with Crippen LogP contribution in [-0.4, -0.2) is 74.9 Å². The van der Waals surface area contributed by atoms with Crippen molar-refractivity contribution in [1.82, 2.24) is 0 Å². The molecule has 0 heterocycles. The number of phosphoric ester groups is 1. The van der Waals surface area contributed by atoms with E-state index >= 15 is 0 Å². The summed E-state index contributed by atoms with van der Waals surface area (Å²) in [6.07, 6.45) is 85.7. The van der Waals surface area contributed by atoms with Crippen LogP contribution in [0.25, 0.3) is 0 Å². The second-order valence-corrected chi connectivity index (χ2v) is 20.7. The fraction of sp³-hybridized carbons (Fsp3) is 0.515. The van der Waals surface area contributed by atoms with Gasteiger partial charge in [0.15, 0.2) is 6.10 Å². The van der Waals surface area contributed by atoms with Gasteiger partial charge in [-0.25, -0.2) is 4.57 Å². The number of nitrogens with zero attached hydrogens (tertiary/aromatic N) is 1. The Morgan fingerprint density at radius 1 is 0.408 bits per heavy atom. The molecule has 0 radical (unpaired) electrons. The number of rotatable bonds is 49. The van der Waals surface area contributed by atoms with Gasteiger partial charge < -0.3 is 18.9 Å². The van der Waals surface area contributed by atoms with Gasteiger partial charge in [-0.2, -0.15) is 0 Å². The van der Waals surface area contributed by atoms with E-state index in [1.807, 2.05) is 33.3 Å². The fourth-order valence-corrected chi connectivity index (χ4v) is 7.36. The molecular weight excluding hydrogens is 966 g/mol. The number of carbonyl (C=O) groups excluding carboxylic acids is 2. The topological polar surface area (TPSA) is 108 Å². The standard InChI is InChI=1S/C66H102NO8P/c1-6-8-10-12-14-16-18-20-21-22-23-24-25-26-27-28-29-30-31-32-33-34-35-36-37-38-39-40-41-42-43-44-45-47-49-51-53-55-57-59-66(69)75-64(63-74-76(70,71)73-61-60-67(3,4)5)62-72-65(68)58-56-54-52-50-48-46-19-17-15-13-11-9-7-2/h8-11,14-17,20-21,23-24,26-27,29-30,32-33,35-36,38-39,41-42,44-46,48,52,54,64H,6-7,12-13,18-19,22,25,28,31,34,37,40,43,47,49-51,53,55-63H2,1-5H3/p+1/b10-8-,11-9-,16-14-,17-15-,21-20-,24-23-,27-26-,30-29-,33-32-,36-35-,39-38-,42-41-,45-44-,48-46-,54-52-. The Labute approximate surface area is 463 Å². The Morgan fingerprint density at radius 3 is 1.11 bits per heavy atom. The second kappa shape index (κ2) is 54.9. The van der Waals surface area contributed by atoms with Crippen molar-refractivity contribution in [3.8, 4) is 0 Å². The van der Waals surface area contributed by atoms with Gasteiger partial charge in [-0.15, -0.1) is 0 Å². The normalized spacial score (nSPS) is 14.7. The van der Waals surface area contributed by atoms with E-state index in [0.717, 1.165) is 128 Å². The van der Waals surface area contributed by atoms with Crippen LogP contribution in [-0.2, 0) is 32.7 Å². The lowest BCUT2D eigenvalue weighted by atomic mass is 10.1. The third-order valence-corrected chi connectivity index (χ3v) is 11.9. The van der Waals surface area contributed by atoms with E-state index in [1.165, 1.54) is 0 Å². The van der Waals surface area contributed by atoms with E-state index in [0.29, 0.717) is 23.9 Å². The van der Waals surface area contributed by atoms with Gasteiger partial charge in [0.25, 0.3) is 0 Å². The van der Waals surface area contributed by atoms with Crippen LogP contribution in [0.15, 0.2) is 182 Å². The minimum Gasteiger partial charge on any atom is -0.462 e. The summed E-state index contributed by atoms with van der Waals surface area (Å²) in [4.78, 5) is 35.5.